The van der Waals surface area contributed by atoms with Gasteiger partial charge in [-0.1, -0.05) is 13.3 Å². The van der Waals surface area contributed by atoms with Crippen molar-refractivity contribution in [2.24, 2.45) is 0 Å². The minimum absolute atomic E-state index is 0.600. The number of hydrogen-bond acceptors (Lipinski definition) is 4. The third-order valence-electron chi connectivity index (χ3n) is 3.83. The molecule has 0 aromatic heterocycles. The summed E-state index contributed by atoms with van der Waals surface area (Å²) in [5, 5.41) is 9.54. The lowest BCUT2D eigenvalue weighted by molar-refractivity contribution is -0.150. The molecule has 0 spiro atoms. The average Bonchev–Trinajstić information content (AvgIpc) is 2.78. The van der Waals surface area contributed by atoms with Crippen LogP contribution in [0.4, 0.5) is 0 Å². The van der Waals surface area contributed by atoms with E-state index >= 15 is 0 Å². The molecule has 0 aromatic carbocycles. The molecule has 1 saturated heterocycles. The minimum atomic E-state index is -0.675. The summed E-state index contributed by atoms with van der Waals surface area (Å²) >= 11 is 0. The molecular formula is C14H27NO4. The van der Waals surface area contributed by atoms with Crippen LogP contribution >= 0.6 is 0 Å². The number of aliphatic carboxylic acids is 1. The van der Waals surface area contributed by atoms with E-state index in [1.54, 1.807) is 7.11 Å². The number of carboxylic acid groups (broad SMARTS) is 1. The van der Waals surface area contributed by atoms with Crippen LogP contribution in [0.1, 0.15) is 39.0 Å². The Bertz CT molecular complexity index is 272. The molecule has 5 nitrogen and oxygen atoms in total. The van der Waals surface area contributed by atoms with Crippen LogP contribution in [0.3, 0.4) is 0 Å². The van der Waals surface area contributed by atoms with Crippen LogP contribution < -0.4 is 0 Å². The van der Waals surface area contributed by atoms with E-state index in [9.17, 15) is 9.90 Å². The zero-order valence-corrected chi connectivity index (χ0v) is 12.2. The number of carboxylic acids is 1. The van der Waals surface area contributed by atoms with Crippen molar-refractivity contribution in [2.75, 3.05) is 40.0 Å². The standard InChI is InChI=1S/C14H27NO4/c1-3-6-14(13(16)17)7-4-8-15(14)9-12-19-11-5-10-18-2/h3-12H2,1-2H3,(H,16,17). The van der Waals surface area contributed by atoms with E-state index in [4.69, 9.17) is 9.47 Å². The Kier molecular flexibility index (Phi) is 7.34. The summed E-state index contributed by atoms with van der Waals surface area (Å²) < 4.78 is 10.5. The Morgan fingerprint density at radius 1 is 1.37 bits per heavy atom. The van der Waals surface area contributed by atoms with Gasteiger partial charge in [-0.15, -0.1) is 0 Å². The number of likely N-dealkylation sites (tertiary alicyclic amines) is 1. The molecular weight excluding hydrogens is 246 g/mol. The van der Waals surface area contributed by atoms with Crippen LogP contribution in [-0.2, 0) is 14.3 Å². The Hall–Kier alpha value is -0.650. The highest BCUT2D eigenvalue weighted by atomic mass is 16.5. The highest BCUT2D eigenvalue weighted by Crippen LogP contribution is 2.33. The van der Waals surface area contributed by atoms with E-state index in [1.807, 2.05) is 6.92 Å². The zero-order valence-electron chi connectivity index (χ0n) is 12.2. The van der Waals surface area contributed by atoms with Gasteiger partial charge in [-0.05, 0) is 32.2 Å². The fourth-order valence-corrected chi connectivity index (χ4v) is 2.89. The molecule has 0 aromatic rings. The van der Waals surface area contributed by atoms with Crippen molar-refractivity contribution in [3.05, 3.63) is 0 Å². The molecule has 0 amide bonds. The lowest BCUT2D eigenvalue weighted by atomic mass is 9.91. The monoisotopic (exact) mass is 273 g/mol. The first-order valence-electron chi connectivity index (χ1n) is 7.22. The molecule has 5 heteroatoms. The van der Waals surface area contributed by atoms with Gasteiger partial charge in [-0.2, -0.15) is 0 Å². The molecule has 1 fully saturated rings. The van der Waals surface area contributed by atoms with Crippen molar-refractivity contribution < 1.29 is 19.4 Å². The number of nitrogens with zero attached hydrogens (tertiary/aromatic N) is 1. The van der Waals surface area contributed by atoms with E-state index < -0.39 is 11.5 Å². The summed E-state index contributed by atoms with van der Waals surface area (Å²) in [6.45, 7) is 5.60. The van der Waals surface area contributed by atoms with Crippen LogP contribution in [0.25, 0.3) is 0 Å². The van der Waals surface area contributed by atoms with Gasteiger partial charge in [0, 0.05) is 26.9 Å². The van der Waals surface area contributed by atoms with Crippen molar-refractivity contribution in [1.82, 2.24) is 4.90 Å². The Balaban J connectivity index is 2.36. The molecule has 0 aliphatic carbocycles. The SMILES string of the molecule is CCCC1(C(=O)O)CCCN1CCOCCCOC. The van der Waals surface area contributed by atoms with Gasteiger partial charge in [0.2, 0.25) is 0 Å². The first-order chi connectivity index (χ1) is 9.17. The largest absolute Gasteiger partial charge is 0.480 e. The van der Waals surface area contributed by atoms with E-state index in [0.717, 1.165) is 38.6 Å². The maximum absolute atomic E-state index is 11.6. The summed E-state index contributed by atoms with van der Waals surface area (Å²) in [5.74, 6) is -0.675. The zero-order chi connectivity index (χ0) is 14.1. The molecule has 0 saturated carbocycles. The normalized spacial score (nSPS) is 23.9. The number of carbonyl (C=O) groups is 1. The molecule has 1 unspecified atom stereocenters. The molecule has 1 atom stereocenters. The molecule has 1 heterocycles. The molecule has 1 aliphatic heterocycles. The van der Waals surface area contributed by atoms with Crippen LogP contribution in [-0.4, -0.2) is 61.5 Å². The molecule has 1 aliphatic rings. The smallest absolute Gasteiger partial charge is 0.324 e. The highest BCUT2D eigenvalue weighted by molar-refractivity contribution is 5.79. The molecule has 112 valence electrons. The quantitative estimate of drug-likeness (QED) is 0.615. The van der Waals surface area contributed by atoms with Gasteiger partial charge < -0.3 is 14.6 Å². The van der Waals surface area contributed by atoms with E-state index in [1.165, 1.54) is 0 Å². The van der Waals surface area contributed by atoms with Crippen molar-refractivity contribution in [2.45, 2.75) is 44.6 Å². The molecule has 0 radical (unpaired) electrons. The van der Waals surface area contributed by atoms with Gasteiger partial charge in [0.15, 0.2) is 0 Å². The Labute approximate surface area is 115 Å². The predicted molar refractivity (Wildman–Crippen MR) is 73.4 cm³/mol. The average molecular weight is 273 g/mol. The molecule has 0 bridgehead atoms. The third kappa shape index (κ3) is 4.44. The number of ether oxygens (including phenoxy) is 2. The number of rotatable bonds is 10. The molecule has 1 rings (SSSR count). The first-order valence-corrected chi connectivity index (χ1v) is 7.22. The second kappa shape index (κ2) is 8.51. The topological polar surface area (TPSA) is 59.0 Å². The lowest BCUT2D eigenvalue weighted by Gasteiger charge is -2.34. The second-order valence-electron chi connectivity index (χ2n) is 5.14. The van der Waals surface area contributed by atoms with Gasteiger partial charge >= 0.3 is 5.97 Å². The first kappa shape index (κ1) is 16.4. The van der Waals surface area contributed by atoms with Crippen molar-refractivity contribution in [3.8, 4) is 0 Å². The molecule has 19 heavy (non-hydrogen) atoms. The summed E-state index contributed by atoms with van der Waals surface area (Å²) in [7, 11) is 1.68. The summed E-state index contributed by atoms with van der Waals surface area (Å²) in [6, 6.07) is 0. The number of hydrogen-bond donors (Lipinski definition) is 1. The van der Waals surface area contributed by atoms with Crippen LogP contribution in [0.15, 0.2) is 0 Å². The van der Waals surface area contributed by atoms with Gasteiger partial charge in [0.1, 0.15) is 5.54 Å². The Morgan fingerprint density at radius 3 is 2.79 bits per heavy atom. The fraction of sp³-hybridized carbons (Fsp3) is 0.929. The van der Waals surface area contributed by atoms with E-state index in [-0.39, 0.29) is 0 Å². The van der Waals surface area contributed by atoms with Crippen molar-refractivity contribution in [3.63, 3.8) is 0 Å². The van der Waals surface area contributed by atoms with E-state index in [2.05, 4.69) is 4.90 Å². The highest BCUT2D eigenvalue weighted by Gasteiger charge is 2.46. The van der Waals surface area contributed by atoms with Gasteiger partial charge in [-0.25, -0.2) is 0 Å². The second-order valence-corrected chi connectivity index (χ2v) is 5.14. The van der Waals surface area contributed by atoms with Gasteiger partial charge in [0.25, 0.3) is 0 Å². The van der Waals surface area contributed by atoms with E-state index in [0.29, 0.717) is 26.4 Å². The lowest BCUT2D eigenvalue weighted by Crippen LogP contribution is -2.51. The summed E-state index contributed by atoms with van der Waals surface area (Å²) in [4.78, 5) is 13.7. The minimum Gasteiger partial charge on any atom is -0.480 e. The molecule has 1 N–H and O–H groups in total. The Morgan fingerprint density at radius 2 is 2.16 bits per heavy atom. The number of methoxy groups -OCH3 is 1. The van der Waals surface area contributed by atoms with Crippen LogP contribution in [0, 0.1) is 0 Å². The fourth-order valence-electron chi connectivity index (χ4n) is 2.89. The summed E-state index contributed by atoms with van der Waals surface area (Å²) in [5.41, 5.74) is -0.648. The van der Waals surface area contributed by atoms with Crippen LogP contribution in [0.5, 0.6) is 0 Å². The maximum Gasteiger partial charge on any atom is 0.324 e. The summed E-state index contributed by atoms with van der Waals surface area (Å²) in [6.07, 6.45) is 4.24. The van der Waals surface area contributed by atoms with Gasteiger partial charge in [0.05, 0.1) is 6.61 Å². The van der Waals surface area contributed by atoms with Crippen LogP contribution in [0.2, 0.25) is 0 Å². The van der Waals surface area contributed by atoms with Gasteiger partial charge in [-0.3, -0.25) is 9.69 Å². The maximum atomic E-state index is 11.6. The third-order valence-corrected chi connectivity index (χ3v) is 3.83. The van der Waals surface area contributed by atoms with Crippen molar-refractivity contribution in [1.29, 1.82) is 0 Å². The predicted octanol–water partition coefficient (Wildman–Crippen LogP) is 1.76. The van der Waals surface area contributed by atoms with Crippen molar-refractivity contribution >= 4 is 5.97 Å².